The van der Waals surface area contributed by atoms with Gasteiger partial charge in [0, 0.05) is 17.1 Å². The van der Waals surface area contributed by atoms with E-state index in [1.807, 2.05) is 12.1 Å². The number of likely N-dealkylation sites (N-methyl/N-ethyl adjacent to an activating group) is 1. The highest BCUT2D eigenvalue weighted by Crippen LogP contribution is 2.27. The molecule has 1 aliphatic rings. The number of hydrogen-bond donors (Lipinski definition) is 0. The van der Waals surface area contributed by atoms with Crippen molar-refractivity contribution in [1.29, 1.82) is 0 Å². The molecule has 22 heavy (non-hydrogen) atoms. The molecule has 3 rings (SSSR count). The predicted molar refractivity (Wildman–Crippen MR) is 85.9 cm³/mol. The first-order valence-electron chi connectivity index (χ1n) is 6.51. The van der Waals surface area contributed by atoms with Gasteiger partial charge in [0.05, 0.1) is 11.3 Å². The molecule has 0 N–H and O–H groups in total. The van der Waals surface area contributed by atoms with E-state index in [0.717, 1.165) is 5.69 Å². The zero-order valence-electron chi connectivity index (χ0n) is 11.6. The molecular weight excluding hydrogens is 348 g/mol. The fourth-order valence-corrected chi connectivity index (χ4v) is 2.65. The topological polar surface area (TPSA) is 59.0 Å². The Balaban J connectivity index is 1.89. The molecule has 2 aromatic carbocycles. The van der Waals surface area contributed by atoms with Crippen LogP contribution in [0.15, 0.2) is 58.2 Å². The lowest BCUT2D eigenvalue weighted by Gasteiger charge is -2.07. The summed E-state index contributed by atoms with van der Waals surface area (Å²) in [5, 5.41) is 3.77. The monoisotopic (exact) mass is 358 g/mol. The van der Waals surface area contributed by atoms with Gasteiger partial charge in [-0.3, -0.25) is 4.79 Å². The van der Waals surface area contributed by atoms with Crippen molar-refractivity contribution in [2.75, 3.05) is 11.9 Å². The molecule has 0 atom stereocenters. The van der Waals surface area contributed by atoms with Crippen molar-refractivity contribution < 1.29 is 14.4 Å². The summed E-state index contributed by atoms with van der Waals surface area (Å²) in [5.41, 5.74) is 1.86. The molecule has 0 bridgehead atoms. The van der Waals surface area contributed by atoms with Crippen molar-refractivity contribution in [2.24, 2.45) is 5.16 Å². The van der Waals surface area contributed by atoms with Crippen molar-refractivity contribution in [3.8, 4) is 0 Å². The minimum absolute atomic E-state index is 0.124. The minimum Gasteiger partial charge on any atom is -0.312 e. The van der Waals surface area contributed by atoms with Crippen molar-refractivity contribution in [3.63, 3.8) is 0 Å². The Kier molecular flexibility index (Phi) is 3.77. The first-order chi connectivity index (χ1) is 10.6. The van der Waals surface area contributed by atoms with Gasteiger partial charge in [0.25, 0.3) is 5.91 Å². The van der Waals surface area contributed by atoms with Crippen molar-refractivity contribution in [3.05, 3.63) is 64.1 Å². The van der Waals surface area contributed by atoms with Gasteiger partial charge in [0.1, 0.15) is 0 Å². The molecule has 0 spiro atoms. The fourth-order valence-electron chi connectivity index (χ4n) is 2.20. The molecule has 0 aliphatic carbocycles. The summed E-state index contributed by atoms with van der Waals surface area (Å²) in [6.45, 7) is 0. The predicted octanol–water partition coefficient (Wildman–Crippen LogP) is 2.99. The average Bonchev–Trinajstić information content (AvgIpc) is 2.77. The van der Waals surface area contributed by atoms with Gasteiger partial charge in [-0.25, -0.2) is 4.79 Å². The van der Waals surface area contributed by atoms with E-state index in [4.69, 9.17) is 4.84 Å². The van der Waals surface area contributed by atoms with Gasteiger partial charge in [-0.2, -0.15) is 0 Å². The quantitative estimate of drug-likeness (QED) is 0.612. The molecule has 0 saturated heterocycles. The van der Waals surface area contributed by atoms with Crippen molar-refractivity contribution in [2.45, 2.75) is 0 Å². The Bertz CT molecular complexity index is 801. The Hall–Kier alpha value is -2.47. The van der Waals surface area contributed by atoms with Gasteiger partial charge in [-0.15, -0.1) is 0 Å². The van der Waals surface area contributed by atoms with E-state index in [9.17, 15) is 9.59 Å². The summed E-state index contributed by atoms with van der Waals surface area (Å²) in [6, 6.07) is 14.1. The maximum absolute atomic E-state index is 12.2. The third kappa shape index (κ3) is 2.42. The highest BCUT2D eigenvalue weighted by Gasteiger charge is 2.32. The fraction of sp³-hybridized carbons (Fsp3) is 0.0625. The highest BCUT2D eigenvalue weighted by molar-refractivity contribution is 9.10. The van der Waals surface area contributed by atoms with E-state index in [0.29, 0.717) is 15.6 Å². The number of carbonyl (C=O) groups is 2. The van der Waals surface area contributed by atoms with Gasteiger partial charge < -0.3 is 9.74 Å². The molecule has 0 radical (unpaired) electrons. The van der Waals surface area contributed by atoms with E-state index >= 15 is 0 Å². The molecule has 110 valence electrons. The van der Waals surface area contributed by atoms with Crippen LogP contribution < -0.4 is 4.90 Å². The van der Waals surface area contributed by atoms with Gasteiger partial charge in [-0.05, 0) is 34.1 Å². The third-order valence-electron chi connectivity index (χ3n) is 3.34. The maximum Gasteiger partial charge on any atom is 0.366 e. The zero-order chi connectivity index (χ0) is 15.7. The number of halogens is 1. The number of anilines is 1. The second-order valence-corrected chi connectivity index (χ2v) is 5.53. The second-order valence-electron chi connectivity index (χ2n) is 4.68. The molecule has 1 amide bonds. The van der Waals surface area contributed by atoms with E-state index in [1.165, 1.54) is 4.90 Å². The number of para-hydroxylation sites is 1. The van der Waals surface area contributed by atoms with Crippen LogP contribution in [0.2, 0.25) is 0 Å². The van der Waals surface area contributed by atoms with Gasteiger partial charge in [-0.1, -0.05) is 35.5 Å². The number of hydrogen-bond acceptors (Lipinski definition) is 4. The van der Waals surface area contributed by atoms with Crippen LogP contribution in [-0.2, 0) is 9.63 Å². The molecular formula is C16H11BrN2O3. The van der Waals surface area contributed by atoms with Crippen LogP contribution in [0.3, 0.4) is 0 Å². The van der Waals surface area contributed by atoms with Crippen molar-refractivity contribution >= 4 is 39.2 Å². The molecule has 0 saturated carbocycles. The first kappa shape index (κ1) is 14.5. The second kappa shape index (κ2) is 5.73. The normalized spacial score (nSPS) is 15.1. The smallest absolute Gasteiger partial charge is 0.312 e. The summed E-state index contributed by atoms with van der Waals surface area (Å²) < 4.78 is 0.607. The molecule has 6 heteroatoms. The Morgan fingerprint density at radius 1 is 1.14 bits per heavy atom. The number of oxime groups is 1. The van der Waals surface area contributed by atoms with Crippen LogP contribution in [0.25, 0.3) is 0 Å². The van der Waals surface area contributed by atoms with E-state index < -0.39 is 5.97 Å². The van der Waals surface area contributed by atoms with Gasteiger partial charge in [0.2, 0.25) is 0 Å². The molecule has 0 aromatic heterocycles. The molecule has 5 nitrogen and oxygen atoms in total. The largest absolute Gasteiger partial charge is 0.366 e. The number of rotatable bonds is 2. The Labute approximate surface area is 135 Å². The van der Waals surface area contributed by atoms with Crippen LogP contribution in [0.5, 0.6) is 0 Å². The van der Waals surface area contributed by atoms with Crippen LogP contribution in [0, 0.1) is 0 Å². The lowest BCUT2D eigenvalue weighted by atomic mass is 10.1. The van der Waals surface area contributed by atoms with E-state index in [2.05, 4.69) is 21.1 Å². The number of carbonyl (C=O) groups excluding carboxylic acids is 2. The molecule has 0 fully saturated rings. The SMILES string of the molecule is CN1C(=O)/C(=N\OC(=O)c2ccccc2Br)c2ccccc21. The highest BCUT2D eigenvalue weighted by atomic mass is 79.9. The lowest BCUT2D eigenvalue weighted by molar-refractivity contribution is -0.112. The summed E-state index contributed by atoms with van der Waals surface area (Å²) in [4.78, 5) is 30.6. The first-order valence-corrected chi connectivity index (χ1v) is 7.30. The van der Waals surface area contributed by atoms with Crippen LogP contribution in [-0.4, -0.2) is 24.6 Å². The summed E-state index contributed by atoms with van der Waals surface area (Å²) in [7, 11) is 1.65. The van der Waals surface area contributed by atoms with Crippen molar-refractivity contribution in [1.82, 2.24) is 0 Å². The number of amides is 1. The Morgan fingerprint density at radius 3 is 2.59 bits per heavy atom. The third-order valence-corrected chi connectivity index (χ3v) is 4.03. The maximum atomic E-state index is 12.2. The molecule has 0 unspecified atom stereocenters. The van der Waals surface area contributed by atoms with Crippen LogP contribution >= 0.6 is 15.9 Å². The number of benzene rings is 2. The molecule has 1 heterocycles. The lowest BCUT2D eigenvalue weighted by Crippen LogP contribution is -2.25. The summed E-state index contributed by atoms with van der Waals surface area (Å²) in [5.74, 6) is -0.930. The van der Waals surface area contributed by atoms with Crippen LogP contribution in [0.4, 0.5) is 5.69 Å². The summed E-state index contributed by atoms with van der Waals surface area (Å²) >= 11 is 3.27. The Morgan fingerprint density at radius 2 is 1.82 bits per heavy atom. The minimum atomic E-state index is -0.625. The standard InChI is InChI=1S/C16H11BrN2O3/c1-19-13-9-5-3-7-11(13)14(15(19)20)18-22-16(21)10-6-2-4-8-12(10)17/h2-9H,1H3/b18-14-. The number of fused-ring (bicyclic) bond motifs is 1. The summed E-state index contributed by atoms with van der Waals surface area (Å²) in [6.07, 6.45) is 0. The van der Waals surface area contributed by atoms with Gasteiger partial charge in [0.15, 0.2) is 5.71 Å². The molecule has 2 aromatic rings. The number of nitrogens with zero attached hydrogens (tertiary/aromatic N) is 2. The van der Waals surface area contributed by atoms with E-state index in [1.54, 1.807) is 43.4 Å². The van der Waals surface area contributed by atoms with E-state index in [-0.39, 0.29) is 11.6 Å². The zero-order valence-corrected chi connectivity index (χ0v) is 13.2. The molecule has 1 aliphatic heterocycles. The van der Waals surface area contributed by atoms with Gasteiger partial charge >= 0.3 is 5.97 Å². The average molecular weight is 359 g/mol. The van der Waals surface area contributed by atoms with Crippen LogP contribution in [0.1, 0.15) is 15.9 Å².